The van der Waals surface area contributed by atoms with E-state index in [2.05, 4.69) is 20.6 Å². The highest BCUT2D eigenvalue weighted by atomic mass is 19.1. The molecule has 0 bridgehead atoms. The summed E-state index contributed by atoms with van der Waals surface area (Å²) in [5.74, 6) is -0.404. The number of carbonyl (C=O) groups is 2. The predicted molar refractivity (Wildman–Crippen MR) is 104 cm³/mol. The van der Waals surface area contributed by atoms with Crippen molar-refractivity contribution in [3.8, 4) is 0 Å². The Morgan fingerprint density at radius 3 is 2.61 bits per heavy atom. The molecule has 28 heavy (non-hydrogen) atoms. The number of halogens is 1. The molecule has 3 rings (SSSR count). The standard InChI is InChI=1S/C21H19FN4O2/c1-14(27)16-3-2-4-18(13-16)25-21-24-12-10-19(26-21)20(28)23-11-9-15-5-7-17(22)8-6-15/h2-8,10,12-13H,9,11H2,1H3,(H,23,28)(H,24,25,26). The first kappa shape index (κ1) is 19.2. The van der Waals surface area contributed by atoms with Crippen molar-refractivity contribution in [2.45, 2.75) is 13.3 Å². The summed E-state index contributed by atoms with van der Waals surface area (Å²) in [5, 5.41) is 5.77. The Morgan fingerprint density at radius 1 is 1.07 bits per heavy atom. The molecule has 0 aliphatic carbocycles. The van der Waals surface area contributed by atoms with Crippen LogP contribution in [0.2, 0.25) is 0 Å². The summed E-state index contributed by atoms with van der Waals surface area (Å²) in [6, 6.07) is 14.6. The van der Waals surface area contributed by atoms with Gasteiger partial charge in [-0.25, -0.2) is 14.4 Å². The van der Waals surface area contributed by atoms with Crippen molar-refractivity contribution < 1.29 is 14.0 Å². The van der Waals surface area contributed by atoms with E-state index in [0.717, 1.165) is 5.56 Å². The molecule has 0 atom stereocenters. The smallest absolute Gasteiger partial charge is 0.270 e. The summed E-state index contributed by atoms with van der Waals surface area (Å²) < 4.78 is 12.9. The van der Waals surface area contributed by atoms with Crippen molar-refractivity contribution >= 4 is 23.3 Å². The number of nitrogens with zero attached hydrogens (tertiary/aromatic N) is 2. The molecular formula is C21H19FN4O2. The Labute approximate surface area is 161 Å². The zero-order valence-corrected chi connectivity index (χ0v) is 15.3. The van der Waals surface area contributed by atoms with Gasteiger partial charge < -0.3 is 10.6 Å². The molecule has 0 unspecified atom stereocenters. The first-order chi connectivity index (χ1) is 13.5. The largest absolute Gasteiger partial charge is 0.350 e. The molecule has 142 valence electrons. The van der Waals surface area contributed by atoms with E-state index in [1.54, 1.807) is 36.4 Å². The molecule has 0 fully saturated rings. The number of hydrogen-bond donors (Lipinski definition) is 2. The second kappa shape index (κ2) is 8.85. The van der Waals surface area contributed by atoms with Crippen molar-refractivity contribution in [3.63, 3.8) is 0 Å². The molecule has 2 aromatic carbocycles. The molecule has 3 aromatic rings. The number of benzene rings is 2. The minimum absolute atomic E-state index is 0.0427. The lowest BCUT2D eigenvalue weighted by Gasteiger charge is -2.08. The van der Waals surface area contributed by atoms with Crippen molar-refractivity contribution in [2.24, 2.45) is 0 Å². The number of amides is 1. The van der Waals surface area contributed by atoms with Crippen LogP contribution < -0.4 is 10.6 Å². The molecule has 0 saturated carbocycles. The van der Waals surface area contributed by atoms with Crippen molar-refractivity contribution in [1.29, 1.82) is 0 Å². The van der Waals surface area contributed by atoms with E-state index in [4.69, 9.17) is 0 Å². The number of hydrogen-bond acceptors (Lipinski definition) is 5. The summed E-state index contributed by atoms with van der Waals surface area (Å²) in [4.78, 5) is 32.1. The number of Topliss-reactive ketones (excluding diaryl/α,β-unsaturated/α-hetero) is 1. The zero-order valence-electron chi connectivity index (χ0n) is 15.3. The first-order valence-corrected chi connectivity index (χ1v) is 8.75. The molecular weight excluding hydrogens is 359 g/mol. The Morgan fingerprint density at radius 2 is 1.86 bits per heavy atom. The summed E-state index contributed by atoms with van der Waals surface area (Å²) in [6.45, 7) is 1.89. The van der Waals surface area contributed by atoms with Gasteiger partial charge >= 0.3 is 0 Å². The fraction of sp³-hybridized carbons (Fsp3) is 0.143. The maximum absolute atomic E-state index is 12.9. The van der Waals surface area contributed by atoms with Gasteiger partial charge in [-0.3, -0.25) is 9.59 Å². The highest BCUT2D eigenvalue weighted by Crippen LogP contribution is 2.15. The van der Waals surface area contributed by atoms with E-state index in [1.165, 1.54) is 31.3 Å². The predicted octanol–water partition coefficient (Wildman–Crippen LogP) is 3.53. The molecule has 0 spiro atoms. The van der Waals surface area contributed by atoms with Crippen LogP contribution in [0.15, 0.2) is 60.8 Å². The third-order valence-electron chi connectivity index (χ3n) is 4.03. The molecule has 2 N–H and O–H groups in total. The van der Waals surface area contributed by atoms with E-state index >= 15 is 0 Å². The van der Waals surface area contributed by atoms with E-state index < -0.39 is 0 Å². The van der Waals surface area contributed by atoms with Gasteiger partial charge in [-0.15, -0.1) is 0 Å². The lowest BCUT2D eigenvalue weighted by molar-refractivity contribution is 0.0948. The summed E-state index contributed by atoms with van der Waals surface area (Å²) >= 11 is 0. The van der Waals surface area contributed by atoms with Gasteiger partial charge in [0.15, 0.2) is 5.78 Å². The number of anilines is 2. The number of rotatable bonds is 7. The van der Waals surface area contributed by atoms with Crippen LogP contribution in [0.25, 0.3) is 0 Å². The van der Waals surface area contributed by atoms with Gasteiger partial charge in [-0.05, 0) is 49.2 Å². The lowest BCUT2D eigenvalue weighted by atomic mass is 10.1. The minimum Gasteiger partial charge on any atom is -0.350 e. The average Bonchev–Trinajstić information content (AvgIpc) is 2.70. The number of nitrogens with one attached hydrogen (secondary N) is 2. The molecule has 1 aromatic heterocycles. The van der Waals surface area contributed by atoms with Crippen LogP contribution >= 0.6 is 0 Å². The topological polar surface area (TPSA) is 84.0 Å². The molecule has 7 heteroatoms. The van der Waals surface area contributed by atoms with E-state index in [1.807, 2.05) is 0 Å². The second-order valence-corrected chi connectivity index (χ2v) is 6.16. The van der Waals surface area contributed by atoms with Crippen molar-refractivity contribution in [2.75, 3.05) is 11.9 Å². The van der Waals surface area contributed by atoms with E-state index in [0.29, 0.717) is 24.2 Å². The maximum Gasteiger partial charge on any atom is 0.270 e. The van der Waals surface area contributed by atoms with Gasteiger partial charge in [-0.1, -0.05) is 24.3 Å². The molecule has 1 heterocycles. The fourth-order valence-electron chi connectivity index (χ4n) is 2.55. The SMILES string of the molecule is CC(=O)c1cccc(Nc2nccc(C(=O)NCCc3ccc(F)cc3)n2)c1. The van der Waals surface area contributed by atoms with Crippen molar-refractivity contribution in [1.82, 2.24) is 15.3 Å². The Bertz CT molecular complexity index is 990. The van der Waals surface area contributed by atoms with Crippen LogP contribution in [0.3, 0.4) is 0 Å². The molecule has 0 aliphatic rings. The lowest BCUT2D eigenvalue weighted by Crippen LogP contribution is -2.26. The highest BCUT2D eigenvalue weighted by Gasteiger charge is 2.09. The Kier molecular flexibility index (Phi) is 6.06. The van der Waals surface area contributed by atoms with Crippen molar-refractivity contribution in [3.05, 3.63) is 83.4 Å². The van der Waals surface area contributed by atoms with Gasteiger partial charge in [0.25, 0.3) is 5.91 Å². The number of carbonyl (C=O) groups excluding carboxylic acids is 2. The average molecular weight is 378 g/mol. The number of aromatic nitrogens is 2. The normalized spacial score (nSPS) is 10.4. The fourth-order valence-corrected chi connectivity index (χ4v) is 2.55. The van der Waals surface area contributed by atoms with Gasteiger partial charge in [0, 0.05) is 24.0 Å². The summed E-state index contributed by atoms with van der Waals surface area (Å²) in [7, 11) is 0. The molecule has 6 nitrogen and oxygen atoms in total. The van der Waals surface area contributed by atoms with Crippen LogP contribution in [0, 0.1) is 5.82 Å². The summed E-state index contributed by atoms with van der Waals surface area (Å²) in [6.07, 6.45) is 2.07. The molecule has 0 aliphatic heterocycles. The first-order valence-electron chi connectivity index (χ1n) is 8.75. The van der Waals surface area contributed by atoms with Crippen LogP contribution in [0.1, 0.15) is 33.3 Å². The van der Waals surface area contributed by atoms with Crippen LogP contribution in [-0.2, 0) is 6.42 Å². The van der Waals surface area contributed by atoms with E-state index in [-0.39, 0.29) is 29.1 Å². The number of ketones is 1. The highest BCUT2D eigenvalue weighted by molar-refractivity contribution is 5.95. The van der Waals surface area contributed by atoms with E-state index in [9.17, 15) is 14.0 Å². The minimum atomic E-state index is -0.329. The van der Waals surface area contributed by atoms with Crippen LogP contribution in [0.4, 0.5) is 16.0 Å². The van der Waals surface area contributed by atoms with Gasteiger partial charge in [0.2, 0.25) is 5.95 Å². The monoisotopic (exact) mass is 378 g/mol. The third-order valence-corrected chi connectivity index (χ3v) is 4.03. The quantitative estimate of drug-likeness (QED) is 0.615. The zero-order chi connectivity index (χ0) is 19.9. The van der Waals surface area contributed by atoms with Gasteiger partial charge in [0.05, 0.1) is 0 Å². The molecule has 0 radical (unpaired) electrons. The van der Waals surface area contributed by atoms with Crippen LogP contribution in [-0.4, -0.2) is 28.2 Å². The second-order valence-electron chi connectivity index (χ2n) is 6.16. The third kappa shape index (κ3) is 5.20. The molecule has 1 amide bonds. The Hall–Kier alpha value is -3.61. The van der Waals surface area contributed by atoms with Gasteiger partial charge in [-0.2, -0.15) is 0 Å². The van der Waals surface area contributed by atoms with Crippen LogP contribution in [0.5, 0.6) is 0 Å². The Balaban J connectivity index is 1.60. The summed E-state index contributed by atoms with van der Waals surface area (Å²) in [5.41, 5.74) is 2.37. The maximum atomic E-state index is 12.9. The molecule has 0 saturated heterocycles. The van der Waals surface area contributed by atoms with Gasteiger partial charge in [0.1, 0.15) is 11.5 Å².